The summed E-state index contributed by atoms with van der Waals surface area (Å²) in [4.78, 5) is 2.48. The van der Waals surface area contributed by atoms with E-state index in [2.05, 4.69) is 33.8 Å². The molecule has 2 rings (SSSR count). The molecular formula is C14H20BrClN2. The predicted octanol–water partition coefficient (Wildman–Crippen LogP) is 3.83. The second kappa shape index (κ2) is 6.38. The molecule has 1 fully saturated rings. The number of hydrogen-bond acceptors (Lipinski definition) is 2. The minimum atomic E-state index is 0.244. The Hall–Kier alpha value is -0.0900. The van der Waals surface area contributed by atoms with Crippen molar-refractivity contribution in [2.24, 2.45) is 11.7 Å². The molecule has 100 valence electrons. The van der Waals surface area contributed by atoms with Gasteiger partial charge in [0.15, 0.2) is 0 Å². The first-order valence-electron chi connectivity index (χ1n) is 6.51. The van der Waals surface area contributed by atoms with Gasteiger partial charge in [-0.15, -0.1) is 0 Å². The highest BCUT2D eigenvalue weighted by molar-refractivity contribution is 9.10. The van der Waals surface area contributed by atoms with Crippen LogP contribution in [0.3, 0.4) is 0 Å². The van der Waals surface area contributed by atoms with Crippen molar-refractivity contribution in [3.63, 3.8) is 0 Å². The summed E-state index contributed by atoms with van der Waals surface area (Å²) in [6.45, 7) is 5.17. The highest BCUT2D eigenvalue weighted by Crippen LogP contribution is 2.32. The van der Waals surface area contributed by atoms with Gasteiger partial charge in [-0.1, -0.05) is 40.5 Å². The lowest BCUT2D eigenvalue weighted by Crippen LogP contribution is -2.40. The largest absolute Gasteiger partial charge is 0.329 e. The molecule has 4 heteroatoms. The molecular weight excluding hydrogens is 312 g/mol. The molecule has 0 saturated carbocycles. The van der Waals surface area contributed by atoms with Gasteiger partial charge in [-0.05, 0) is 43.0 Å². The zero-order chi connectivity index (χ0) is 13.1. The molecule has 0 amide bonds. The van der Waals surface area contributed by atoms with Crippen molar-refractivity contribution in [2.75, 3.05) is 19.6 Å². The molecule has 0 bridgehead atoms. The van der Waals surface area contributed by atoms with Gasteiger partial charge in [0, 0.05) is 28.6 Å². The van der Waals surface area contributed by atoms with E-state index in [0.29, 0.717) is 6.54 Å². The molecule has 2 nitrogen and oxygen atoms in total. The van der Waals surface area contributed by atoms with Crippen LogP contribution in [0.1, 0.15) is 31.4 Å². The van der Waals surface area contributed by atoms with Crippen LogP contribution in [0.2, 0.25) is 5.02 Å². The van der Waals surface area contributed by atoms with Crippen LogP contribution in [-0.4, -0.2) is 24.5 Å². The first-order valence-corrected chi connectivity index (χ1v) is 7.68. The number of rotatable bonds is 3. The minimum Gasteiger partial charge on any atom is -0.329 e. The Morgan fingerprint density at radius 2 is 2.33 bits per heavy atom. The summed E-state index contributed by atoms with van der Waals surface area (Å²) >= 11 is 9.79. The maximum atomic E-state index is 6.35. The van der Waals surface area contributed by atoms with Crippen LogP contribution in [-0.2, 0) is 0 Å². The van der Waals surface area contributed by atoms with Crippen LogP contribution >= 0.6 is 27.5 Å². The van der Waals surface area contributed by atoms with Gasteiger partial charge in [0.1, 0.15) is 0 Å². The van der Waals surface area contributed by atoms with E-state index in [4.69, 9.17) is 17.3 Å². The molecule has 0 aliphatic carbocycles. The summed E-state index contributed by atoms with van der Waals surface area (Å²) in [6, 6.07) is 6.32. The molecule has 2 atom stereocenters. The smallest absolute Gasteiger partial charge is 0.0485 e. The summed E-state index contributed by atoms with van der Waals surface area (Å²) < 4.78 is 1.01. The highest BCUT2D eigenvalue weighted by Gasteiger charge is 2.25. The fourth-order valence-corrected chi connectivity index (χ4v) is 3.55. The number of nitrogens with zero attached hydrogens (tertiary/aromatic N) is 1. The van der Waals surface area contributed by atoms with Crippen LogP contribution in [0.4, 0.5) is 0 Å². The number of benzene rings is 1. The molecule has 1 aliphatic heterocycles. The third-order valence-corrected chi connectivity index (χ3v) is 4.49. The van der Waals surface area contributed by atoms with Gasteiger partial charge in [-0.3, -0.25) is 4.90 Å². The molecule has 0 aromatic heterocycles. The molecule has 1 aromatic carbocycles. The number of likely N-dealkylation sites (tertiary alicyclic amines) is 1. The van der Waals surface area contributed by atoms with Gasteiger partial charge in [0.05, 0.1) is 0 Å². The van der Waals surface area contributed by atoms with Crippen molar-refractivity contribution in [3.05, 3.63) is 33.3 Å². The first kappa shape index (κ1) is 14.3. The Balaban J connectivity index is 2.21. The summed E-state index contributed by atoms with van der Waals surface area (Å²) in [5.41, 5.74) is 7.13. The van der Waals surface area contributed by atoms with Gasteiger partial charge in [-0.25, -0.2) is 0 Å². The van der Waals surface area contributed by atoms with Gasteiger partial charge in [0.2, 0.25) is 0 Å². The van der Waals surface area contributed by atoms with Crippen LogP contribution < -0.4 is 5.73 Å². The first-order chi connectivity index (χ1) is 8.61. The third kappa shape index (κ3) is 3.27. The van der Waals surface area contributed by atoms with Crippen molar-refractivity contribution in [1.82, 2.24) is 4.90 Å². The highest BCUT2D eigenvalue weighted by atomic mass is 79.9. The second-order valence-corrected chi connectivity index (χ2v) is 6.48. The Morgan fingerprint density at radius 3 is 2.94 bits per heavy atom. The van der Waals surface area contributed by atoms with E-state index in [1.807, 2.05) is 12.1 Å². The number of nitrogens with two attached hydrogens (primary N) is 1. The van der Waals surface area contributed by atoms with Crippen molar-refractivity contribution in [3.8, 4) is 0 Å². The van der Waals surface area contributed by atoms with Crippen molar-refractivity contribution >= 4 is 27.5 Å². The quantitative estimate of drug-likeness (QED) is 0.912. The molecule has 2 unspecified atom stereocenters. The average Bonchev–Trinajstić information content (AvgIpc) is 2.33. The normalized spacial score (nSPS) is 23.0. The molecule has 1 heterocycles. The van der Waals surface area contributed by atoms with E-state index < -0.39 is 0 Å². The van der Waals surface area contributed by atoms with Gasteiger partial charge < -0.3 is 5.73 Å². The van der Waals surface area contributed by atoms with E-state index in [-0.39, 0.29) is 6.04 Å². The maximum absolute atomic E-state index is 6.35. The summed E-state index contributed by atoms with van der Waals surface area (Å²) in [5.74, 6) is 0.752. The van der Waals surface area contributed by atoms with E-state index in [0.717, 1.165) is 34.1 Å². The van der Waals surface area contributed by atoms with E-state index in [1.165, 1.54) is 12.8 Å². The van der Waals surface area contributed by atoms with Gasteiger partial charge in [-0.2, -0.15) is 0 Å². The number of piperidine rings is 1. The Labute approximate surface area is 123 Å². The lowest BCUT2D eigenvalue weighted by atomic mass is 9.96. The summed E-state index contributed by atoms with van der Waals surface area (Å²) in [5, 5.41) is 0.804. The fraction of sp³-hybridized carbons (Fsp3) is 0.571. The monoisotopic (exact) mass is 330 g/mol. The molecule has 1 aliphatic rings. The molecule has 0 radical (unpaired) electrons. The lowest BCUT2D eigenvalue weighted by Gasteiger charge is -2.37. The van der Waals surface area contributed by atoms with Crippen LogP contribution in [0, 0.1) is 5.92 Å². The summed E-state index contributed by atoms with van der Waals surface area (Å²) in [7, 11) is 0. The van der Waals surface area contributed by atoms with E-state index in [9.17, 15) is 0 Å². The zero-order valence-electron chi connectivity index (χ0n) is 10.7. The van der Waals surface area contributed by atoms with Crippen molar-refractivity contribution in [1.29, 1.82) is 0 Å². The standard InChI is InChI=1S/C14H20BrClN2/c1-10-3-2-6-18(9-10)14(8-17)12-5-4-11(15)7-13(12)16/h4-5,7,10,14H,2-3,6,8-9,17H2,1H3. The Kier molecular flexibility index (Phi) is 5.07. The molecule has 1 saturated heterocycles. The predicted molar refractivity (Wildman–Crippen MR) is 80.9 cm³/mol. The maximum Gasteiger partial charge on any atom is 0.0485 e. The number of halogens is 2. The molecule has 0 spiro atoms. The minimum absolute atomic E-state index is 0.244. The lowest BCUT2D eigenvalue weighted by molar-refractivity contribution is 0.133. The fourth-order valence-electron chi connectivity index (χ4n) is 2.75. The summed E-state index contributed by atoms with van der Waals surface area (Å²) in [6.07, 6.45) is 2.58. The van der Waals surface area contributed by atoms with Crippen molar-refractivity contribution < 1.29 is 0 Å². The zero-order valence-corrected chi connectivity index (χ0v) is 13.0. The number of hydrogen-bond donors (Lipinski definition) is 1. The molecule has 2 N–H and O–H groups in total. The molecule has 1 aromatic rings. The van der Waals surface area contributed by atoms with Gasteiger partial charge >= 0.3 is 0 Å². The van der Waals surface area contributed by atoms with E-state index in [1.54, 1.807) is 0 Å². The van der Waals surface area contributed by atoms with E-state index >= 15 is 0 Å². The Morgan fingerprint density at radius 1 is 1.56 bits per heavy atom. The van der Waals surface area contributed by atoms with Crippen LogP contribution in [0.25, 0.3) is 0 Å². The Bertz CT molecular complexity index is 411. The average molecular weight is 332 g/mol. The third-order valence-electron chi connectivity index (χ3n) is 3.67. The second-order valence-electron chi connectivity index (χ2n) is 5.16. The molecule has 18 heavy (non-hydrogen) atoms. The van der Waals surface area contributed by atoms with Crippen LogP contribution in [0.5, 0.6) is 0 Å². The topological polar surface area (TPSA) is 29.3 Å². The SMILES string of the molecule is CC1CCCN(C(CN)c2ccc(Br)cc2Cl)C1. The van der Waals surface area contributed by atoms with Gasteiger partial charge in [0.25, 0.3) is 0 Å². The van der Waals surface area contributed by atoms with Crippen LogP contribution in [0.15, 0.2) is 22.7 Å². The van der Waals surface area contributed by atoms with Crippen molar-refractivity contribution in [2.45, 2.75) is 25.8 Å².